The molecule has 1 aromatic carbocycles. The number of aryl methyl sites for hydroxylation is 1. The molecule has 0 spiro atoms. The summed E-state index contributed by atoms with van der Waals surface area (Å²) in [5.74, 6) is -1.05. The van der Waals surface area contributed by atoms with Gasteiger partial charge >= 0.3 is 5.97 Å². The summed E-state index contributed by atoms with van der Waals surface area (Å²) in [6.07, 6.45) is 5.73. The number of hydrogen-bond acceptors (Lipinski definition) is 2. The summed E-state index contributed by atoms with van der Waals surface area (Å²) in [5.41, 5.74) is 1.93. The number of rotatable bonds is 9. The number of carbonyl (C=O) groups excluding carboxylic acids is 1. The van der Waals surface area contributed by atoms with Gasteiger partial charge in [-0.15, -0.1) is 0 Å². The molecule has 1 heterocycles. The van der Waals surface area contributed by atoms with Gasteiger partial charge in [-0.1, -0.05) is 49.0 Å². The number of carboxylic acid groups (broad SMARTS) is 1. The zero-order valence-corrected chi connectivity index (χ0v) is 16.5. The van der Waals surface area contributed by atoms with Crippen molar-refractivity contribution in [1.29, 1.82) is 0 Å². The molecule has 0 aliphatic carbocycles. The van der Waals surface area contributed by atoms with Crippen molar-refractivity contribution in [3.63, 3.8) is 0 Å². The molecular weight excluding hydrogens is 382 g/mol. The van der Waals surface area contributed by atoms with Crippen molar-refractivity contribution < 1.29 is 14.7 Å². The molecular formula is C20H26BrNO3. The number of benzene rings is 1. The number of unbranched alkanes of at least 4 members (excludes halogenated alkanes) is 3. The highest BCUT2D eigenvalue weighted by molar-refractivity contribution is 9.10. The number of nitrogens with zero attached hydrogens (tertiary/aromatic N) is 1. The van der Waals surface area contributed by atoms with Gasteiger partial charge in [0.05, 0.1) is 5.52 Å². The first-order chi connectivity index (χ1) is 11.9. The first-order valence-corrected chi connectivity index (χ1v) is 9.76. The van der Waals surface area contributed by atoms with Gasteiger partial charge in [0, 0.05) is 28.4 Å². The Kier molecular flexibility index (Phi) is 7.24. The number of aliphatic carboxylic acids is 1. The van der Waals surface area contributed by atoms with Gasteiger partial charge in [0.15, 0.2) is 0 Å². The summed E-state index contributed by atoms with van der Waals surface area (Å²) in [4.78, 5) is 23.7. The van der Waals surface area contributed by atoms with Crippen LogP contribution in [-0.4, -0.2) is 21.6 Å². The smallest absolute Gasteiger partial charge is 0.303 e. The molecule has 0 radical (unpaired) electrons. The fraction of sp³-hybridized carbons (Fsp3) is 0.500. The number of fused-ring (bicyclic) bond motifs is 1. The second-order valence-electron chi connectivity index (χ2n) is 6.79. The van der Waals surface area contributed by atoms with E-state index in [1.54, 1.807) is 4.57 Å². The Balaban J connectivity index is 2.27. The van der Waals surface area contributed by atoms with E-state index in [0.717, 1.165) is 40.3 Å². The molecule has 0 aliphatic heterocycles. The number of aromatic nitrogens is 1. The highest BCUT2D eigenvalue weighted by Crippen LogP contribution is 2.26. The zero-order chi connectivity index (χ0) is 18.4. The summed E-state index contributed by atoms with van der Waals surface area (Å²) in [5, 5.41) is 9.97. The van der Waals surface area contributed by atoms with Gasteiger partial charge in [-0.3, -0.25) is 14.2 Å². The summed E-state index contributed by atoms with van der Waals surface area (Å²) in [6.45, 7) is 4.00. The van der Waals surface area contributed by atoms with Crippen LogP contribution in [0, 0.1) is 5.92 Å². The van der Waals surface area contributed by atoms with E-state index in [4.69, 9.17) is 5.11 Å². The van der Waals surface area contributed by atoms with Gasteiger partial charge in [0.25, 0.3) is 0 Å². The zero-order valence-electron chi connectivity index (χ0n) is 14.9. The van der Waals surface area contributed by atoms with Crippen LogP contribution >= 0.6 is 15.9 Å². The minimum atomic E-state index is -0.860. The van der Waals surface area contributed by atoms with Crippen molar-refractivity contribution in [1.82, 2.24) is 4.57 Å². The van der Waals surface area contributed by atoms with E-state index < -0.39 is 5.97 Å². The van der Waals surface area contributed by atoms with Crippen molar-refractivity contribution in [3.05, 3.63) is 34.4 Å². The maximum absolute atomic E-state index is 12.9. The van der Waals surface area contributed by atoms with Gasteiger partial charge in [-0.25, -0.2) is 0 Å². The van der Waals surface area contributed by atoms with E-state index in [9.17, 15) is 9.59 Å². The third kappa shape index (κ3) is 5.43. The molecule has 4 nitrogen and oxygen atoms in total. The van der Waals surface area contributed by atoms with Crippen molar-refractivity contribution >= 4 is 38.7 Å². The van der Waals surface area contributed by atoms with Crippen molar-refractivity contribution in [2.24, 2.45) is 5.92 Å². The van der Waals surface area contributed by atoms with Crippen LogP contribution in [0.15, 0.2) is 28.7 Å². The third-order valence-electron chi connectivity index (χ3n) is 4.42. The average molecular weight is 408 g/mol. The molecule has 0 saturated carbocycles. The van der Waals surface area contributed by atoms with Crippen LogP contribution in [0.2, 0.25) is 0 Å². The molecule has 1 atom stereocenters. The lowest BCUT2D eigenvalue weighted by molar-refractivity contribution is -0.137. The highest BCUT2D eigenvalue weighted by Gasteiger charge is 2.19. The maximum atomic E-state index is 12.9. The van der Waals surface area contributed by atoms with Gasteiger partial charge in [-0.2, -0.15) is 0 Å². The van der Waals surface area contributed by atoms with Crippen molar-refractivity contribution in [3.8, 4) is 0 Å². The monoisotopic (exact) mass is 407 g/mol. The average Bonchev–Trinajstić information content (AvgIpc) is 2.87. The van der Waals surface area contributed by atoms with Gasteiger partial charge in [0.1, 0.15) is 0 Å². The lowest BCUT2D eigenvalue weighted by Crippen LogP contribution is -2.18. The Hall–Kier alpha value is -1.62. The molecule has 5 heteroatoms. The Morgan fingerprint density at radius 2 is 1.92 bits per heavy atom. The Morgan fingerprint density at radius 1 is 1.16 bits per heavy atom. The second-order valence-corrected chi connectivity index (χ2v) is 7.70. The first kappa shape index (κ1) is 19.7. The van der Waals surface area contributed by atoms with Crippen LogP contribution < -0.4 is 0 Å². The minimum absolute atomic E-state index is 0.0162. The van der Waals surface area contributed by atoms with Crippen LogP contribution in [-0.2, 0) is 11.2 Å². The Bertz CT molecular complexity index is 751. The minimum Gasteiger partial charge on any atom is -0.481 e. The topological polar surface area (TPSA) is 59.3 Å². The number of carbonyl (C=O) groups is 2. The van der Waals surface area contributed by atoms with Crippen LogP contribution in [0.1, 0.15) is 62.9 Å². The quantitative estimate of drug-likeness (QED) is 0.544. The van der Waals surface area contributed by atoms with E-state index in [1.807, 2.05) is 25.1 Å². The molecule has 2 rings (SSSR count). The predicted octanol–water partition coefficient (Wildman–Crippen LogP) is 5.67. The molecule has 0 fully saturated rings. The normalized spacial score (nSPS) is 12.4. The summed E-state index contributed by atoms with van der Waals surface area (Å²) in [6, 6.07) is 8.00. The summed E-state index contributed by atoms with van der Waals surface area (Å²) in [7, 11) is 0. The number of hydrogen-bond donors (Lipinski definition) is 1. The molecule has 0 bridgehead atoms. The van der Waals surface area contributed by atoms with Crippen molar-refractivity contribution in [2.75, 3.05) is 0 Å². The Morgan fingerprint density at radius 3 is 2.60 bits per heavy atom. The number of halogens is 1. The second kappa shape index (κ2) is 9.18. The van der Waals surface area contributed by atoms with Crippen molar-refractivity contribution in [2.45, 2.75) is 58.8 Å². The van der Waals surface area contributed by atoms with Crippen LogP contribution in [0.25, 0.3) is 10.9 Å². The molecule has 1 N–H and O–H groups in total. The molecule has 2 aromatic rings. The standard InChI is InChI=1S/C20H26BrNO3/c1-3-4-5-6-7-17-13-15-12-16(21)8-9-18(15)22(17)19(23)10-14(2)11-20(24)25/h8-9,12-14H,3-7,10-11H2,1-2H3,(H,24,25). The fourth-order valence-corrected chi connectivity index (χ4v) is 3.59. The summed E-state index contributed by atoms with van der Waals surface area (Å²) < 4.78 is 2.79. The van der Waals surface area contributed by atoms with Gasteiger partial charge in [0.2, 0.25) is 5.91 Å². The predicted molar refractivity (Wildman–Crippen MR) is 104 cm³/mol. The fourth-order valence-electron chi connectivity index (χ4n) is 3.21. The van der Waals surface area contributed by atoms with E-state index in [-0.39, 0.29) is 24.7 Å². The maximum Gasteiger partial charge on any atom is 0.303 e. The molecule has 0 amide bonds. The Labute approximate surface area is 157 Å². The van der Waals surface area contributed by atoms with E-state index in [2.05, 4.69) is 28.9 Å². The molecule has 1 aromatic heterocycles. The highest BCUT2D eigenvalue weighted by atomic mass is 79.9. The van der Waals surface area contributed by atoms with Crippen LogP contribution in [0.3, 0.4) is 0 Å². The number of carboxylic acids is 1. The van der Waals surface area contributed by atoms with Crippen LogP contribution in [0.4, 0.5) is 0 Å². The molecule has 0 aliphatic rings. The van der Waals surface area contributed by atoms with E-state index in [1.165, 1.54) is 12.8 Å². The summed E-state index contributed by atoms with van der Waals surface area (Å²) >= 11 is 3.48. The molecule has 0 saturated heterocycles. The van der Waals surface area contributed by atoms with E-state index >= 15 is 0 Å². The lowest BCUT2D eigenvalue weighted by Gasteiger charge is -2.13. The third-order valence-corrected chi connectivity index (χ3v) is 4.92. The van der Waals surface area contributed by atoms with Gasteiger partial charge < -0.3 is 5.11 Å². The molecule has 136 valence electrons. The van der Waals surface area contributed by atoms with E-state index in [0.29, 0.717) is 0 Å². The lowest BCUT2D eigenvalue weighted by atomic mass is 10.0. The SMILES string of the molecule is CCCCCCc1cc2cc(Br)ccc2n1C(=O)CC(C)CC(=O)O. The molecule has 25 heavy (non-hydrogen) atoms. The largest absolute Gasteiger partial charge is 0.481 e. The van der Waals surface area contributed by atoms with Crippen LogP contribution in [0.5, 0.6) is 0 Å². The first-order valence-electron chi connectivity index (χ1n) is 8.97. The molecule has 1 unspecified atom stereocenters. The van der Waals surface area contributed by atoms with Gasteiger partial charge in [-0.05, 0) is 43.0 Å².